The molecule has 0 N–H and O–H groups in total. The van der Waals surface area contributed by atoms with Gasteiger partial charge in [0.15, 0.2) is 29.7 Å². The number of ether oxygens (including phenoxy) is 3. The minimum atomic E-state index is -0.573. The Morgan fingerprint density at radius 2 is 1.84 bits per heavy atom. The number of Topliss-reactive ketones (excluding diaryl/α,β-unsaturated/α-hetero) is 2. The summed E-state index contributed by atoms with van der Waals surface area (Å²) in [5, 5.41) is 0. The number of thiophene rings is 1. The molecule has 1 aromatic carbocycles. The third-order valence-electron chi connectivity index (χ3n) is 3.63. The summed E-state index contributed by atoms with van der Waals surface area (Å²) < 4.78 is 15.3. The van der Waals surface area contributed by atoms with Crippen molar-refractivity contribution in [2.75, 3.05) is 13.4 Å². The molecule has 3 rings (SSSR count). The molecule has 130 valence electrons. The average Bonchev–Trinajstić information content (AvgIpc) is 3.25. The lowest BCUT2D eigenvalue weighted by atomic mass is 10.1. The number of carbonyl (C=O) groups is 3. The highest BCUT2D eigenvalue weighted by Gasteiger charge is 2.18. The van der Waals surface area contributed by atoms with E-state index in [9.17, 15) is 14.4 Å². The Balaban J connectivity index is 1.45. The molecule has 25 heavy (non-hydrogen) atoms. The van der Waals surface area contributed by atoms with Crippen LogP contribution in [0.4, 0.5) is 0 Å². The first-order chi connectivity index (χ1) is 12.0. The fourth-order valence-electron chi connectivity index (χ4n) is 2.29. The average molecular weight is 360 g/mol. The van der Waals surface area contributed by atoms with Gasteiger partial charge in [0.25, 0.3) is 0 Å². The van der Waals surface area contributed by atoms with Crippen LogP contribution in [0.15, 0.2) is 30.3 Å². The quantitative estimate of drug-likeness (QED) is 0.557. The molecule has 1 aliphatic heterocycles. The standard InChI is InChI=1S/C18H16O6S/c1-11-2-6-17(25-11)13(19)4-7-18(21)22-9-14(20)12-3-5-15-16(8-12)24-10-23-15/h2-3,5-6,8H,4,7,9-10H2,1H3. The van der Waals surface area contributed by atoms with Crippen molar-refractivity contribution in [1.82, 2.24) is 0 Å². The van der Waals surface area contributed by atoms with Gasteiger partial charge in [-0.15, -0.1) is 11.3 Å². The van der Waals surface area contributed by atoms with Crippen molar-refractivity contribution < 1.29 is 28.6 Å². The van der Waals surface area contributed by atoms with Crippen molar-refractivity contribution in [3.8, 4) is 11.5 Å². The smallest absolute Gasteiger partial charge is 0.306 e. The second kappa shape index (κ2) is 7.48. The summed E-state index contributed by atoms with van der Waals surface area (Å²) >= 11 is 1.39. The van der Waals surface area contributed by atoms with Crippen LogP contribution in [0.3, 0.4) is 0 Å². The number of fused-ring (bicyclic) bond motifs is 1. The summed E-state index contributed by atoms with van der Waals surface area (Å²) in [4.78, 5) is 37.4. The molecule has 0 fully saturated rings. The first kappa shape index (κ1) is 17.2. The summed E-state index contributed by atoms with van der Waals surface area (Å²) in [6.07, 6.45) is 0.0151. The Bertz CT molecular complexity index is 823. The molecule has 1 aromatic heterocycles. The normalized spacial score (nSPS) is 12.0. The highest BCUT2D eigenvalue weighted by atomic mass is 32.1. The van der Waals surface area contributed by atoms with Gasteiger partial charge in [-0.05, 0) is 37.3 Å². The molecular weight excluding hydrogens is 344 g/mol. The predicted molar refractivity (Wildman–Crippen MR) is 90.5 cm³/mol. The Labute approximate surface area is 148 Å². The Kier molecular flexibility index (Phi) is 5.14. The number of esters is 1. The van der Waals surface area contributed by atoms with Crippen LogP contribution in [0.25, 0.3) is 0 Å². The molecule has 0 radical (unpaired) electrons. The van der Waals surface area contributed by atoms with Gasteiger partial charge in [0, 0.05) is 16.9 Å². The van der Waals surface area contributed by atoms with Crippen LogP contribution >= 0.6 is 11.3 Å². The fourth-order valence-corrected chi connectivity index (χ4v) is 3.13. The van der Waals surface area contributed by atoms with Crippen LogP contribution in [0.2, 0.25) is 0 Å². The van der Waals surface area contributed by atoms with E-state index in [0.29, 0.717) is 21.9 Å². The number of aryl methyl sites for hydroxylation is 1. The number of hydrogen-bond donors (Lipinski definition) is 0. The lowest BCUT2D eigenvalue weighted by Crippen LogP contribution is -2.15. The molecule has 2 heterocycles. The predicted octanol–water partition coefficient (Wildman–Crippen LogP) is 3.17. The van der Waals surface area contributed by atoms with Gasteiger partial charge in [-0.1, -0.05) is 0 Å². The summed E-state index contributed by atoms with van der Waals surface area (Å²) in [6, 6.07) is 8.39. The lowest BCUT2D eigenvalue weighted by Gasteiger charge is -2.05. The topological polar surface area (TPSA) is 78.9 Å². The minimum Gasteiger partial charge on any atom is -0.457 e. The molecule has 2 aromatic rings. The van der Waals surface area contributed by atoms with E-state index in [-0.39, 0.29) is 37.8 Å². The monoisotopic (exact) mass is 360 g/mol. The van der Waals surface area contributed by atoms with Gasteiger partial charge in [0.1, 0.15) is 0 Å². The van der Waals surface area contributed by atoms with Crippen molar-refractivity contribution in [1.29, 1.82) is 0 Å². The van der Waals surface area contributed by atoms with Crippen molar-refractivity contribution in [2.45, 2.75) is 19.8 Å². The summed E-state index contributed by atoms with van der Waals surface area (Å²) in [5.74, 6) is 0.0598. The van der Waals surface area contributed by atoms with Crippen LogP contribution in [0.1, 0.15) is 37.7 Å². The van der Waals surface area contributed by atoms with Crippen molar-refractivity contribution in [2.24, 2.45) is 0 Å². The van der Waals surface area contributed by atoms with Crippen molar-refractivity contribution >= 4 is 28.9 Å². The third kappa shape index (κ3) is 4.24. The van der Waals surface area contributed by atoms with E-state index in [0.717, 1.165) is 4.88 Å². The molecule has 0 aliphatic carbocycles. The molecule has 0 saturated heterocycles. The maximum absolute atomic E-state index is 12.1. The first-order valence-electron chi connectivity index (χ1n) is 7.71. The van der Waals surface area contributed by atoms with E-state index in [1.165, 1.54) is 11.3 Å². The minimum absolute atomic E-state index is 0.0514. The van der Waals surface area contributed by atoms with Gasteiger partial charge in [-0.3, -0.25) is 14.4 Å². The molecule has 0 atom stereocenters. The molecule has 0 amide bonds. The van der Waals surface area contributed by atoms with Crippen LogP contribution in [-0.2, 0) is 9.53 Å². The molecule has 0 bridgehead atoms. The second-order valence-electron chi connectivity index (χ2n) is 5.49. The third-order valence-corrected chi connectivity index (χ3v) is 4.67. The maximum atomic E-state index is 12.1. The molecular formula is C18H16O6S. The van der Waals surface area contributed by atoms with Gasteiger partial charge >= 0.3 is 5.97 Å². The lowest BCUT2D eigenvalue weighted by molar-refractivity contribution is -0.142. The molecule has 6 nitrogen and oxygen atoms in total. The first-order valence-corrected chi connectivity index (χ1v) is 8.52. The number of benzene rings is 1. The van der Waals surface area contributed by atoms with E-state index in [4.69, 9.17) is 14.2 Å². The van der Waals surface area contributed by atoms with E-state index >= 15 is 0 Å². The number of rotatable bonds is 7. The van der Waals surface area contributed by atoms with Crippen molar-refractivity contribution in [3.05, 3.63) is 45.6 Å². The molecule has 1 aliphatic rings. The maximum Gasteiger partial charge on any atom is 0.306 e. The Hall–Kier alpha value is -2.67. The van der Waals surface area contributed by atoms with E-state index < -0.39 is 5.97 Å². The highest BCUT2D eigenvalue weighted by Crippen LogP contribution is 2.32. The Morgan fingerprint density at radius 1 is 1.04 bits per heavy atom. The van der Waals surface area contributed by atoms with Crippen LogP contribution in [-0.4, -0.2) is 30.9 Å². The summed E-state index contributed by atoms with van der Waals surface area (Å²) in [5.41, 5.74) is 0.377. The summed E-state index contributed by atoms with van der Waals surface area (Å²) in [6.45, 7) is 1.67. The van der Waals surface area contributed by atoms with E-state index in [1.54, 1.807) is 24.3 Å². The molecule has 0 spiro atoms. The zero-order valence-electron chi connectivity index (χ0n) is 13.6. The molecule has 0 unspecified atom stereocenters. The van der Waals surface area contributed by atoms with E-state index in [2.05, 4.69) is 0 Å². The van der Waals surface area contributed by atoms with Gasteiger partial charge in [0.05, 0.1) is 11.3 Å². The second-order valence-corrected chi connectivity index (χ2v) is 6.77. The van der Waals surface area contributed by atoms with Crippen LogP contribution in [0.5, 0.6) is 11.5 Å². The molecule has 7 heteroatoms. The number of carbonyl (C=O) groups excluding carboxylic acids is 3. The van der Waals surface area contributed by atoms with Gasteiger partial charge in [0.2, 0.25) is 6.79 Å². The van der Waals surface area contributed by atoms with Crippen molar-refractivity contribution in [3.63, 3.8) is 0 Å². The SMILES string of the molecule is Cc1ccc(C(=O)CCC(=O)OCC(=O)c2ccc3c(c2)OCO3)s1. The zero-order chi connectivity index (χ0) is 17.8. The van der Waals surface area contributed by atoms with E-state index in [1.807, 2.05) is 13.0 Å². The van der Waals surface area contributed by atoms with Crippen LogP contribution < -0.4 is 9.47 Å². The van der Waals surface area contributed by atoms with Gasteiger partial charge in [-0.2, -0.15) is 0 Å². The fraction of sp³-hybridized carbons (Fsp3) is 0.278. The van der Waals surface area contributed by atoms with Crippen LogP contribution in [0, 0.1) is 6.92 Å². The summed E-state index contributed by atoms with van der Waals surface area (Å²) in [7, 11) is 0. The Morgan fingerprint density at radius 3 is 2.60 bits per heavy atom. The zero-order valence-corrected chi connectivity index (χ0v) is 14.4. The number of ketones is 2. The molecule has 0 saturated carbocycles. The van der Waals surface area contributed by atoms with Gasteiger partial charge < -0.3 is 14.2 Å². The number of hydrogen-bond acceptors (Lipinski definition) is 7. The largest absolute Gasteiger partial charge is 0.457 e. The van der Waals surface area contributed by atoms with Gasteiger partial charge in [-0.25, -0.2) is 0 Å². The highest BCUT2D eigenvalue weighted by molar-refractivity contribution is 7.14.